The zero-order chi connectivity index (χ0) is 7.78. The Balaban J connectivity index is 2.51. The Kier molecular flexibility index (Phi) is 2.04. The number of nitrogens with one attached hydrogen (secondary N) is 1. The van der Waals surface area contributed by atoms with Crippen LogP contribution in [0.15, 0.2) is 0 Å². The molecule has 0 unspecified atom stereocenters. The Hall–Kier alpha value is -0.0400. The minimum atomic E-state index is 0.372. The number of rotatable bonds is 0. The fraction of sp³-hybridized carbons (Fsp3) is 1.00. The first-order chi connectivity index (χ1) is 4.49. The average Bonchev–Trinajstić information content (AvgIpc) is 1.54. The molecule has 0 radical (unpaired) electrons. The van der Waals surface area contributed by atoms with Gasteiger partial charge in [0.05, 0.1) is 0 Å². The van der Waals surface area contributed by atoms with Gasteiger partial charge in [-0.15, -0.1) is 0 Å². The highest BCUT2D eigenvalue weighted by atomic mass is 15.0. The van der Waals surface area contributed by atoms with Gasteiger partial charge in [-0.25, -0.2) is 0 Å². The van der Waals surface area contributed by atoms with E-state index in [2.05, 4.69) is 33.0 Å². The van der Waals surface area contributed by atoms with Gasteiger partial charge in [0.1, 0.15) is 0 Å². The Bertz CT molecular complexity index is 106. The predicted molar refractivity (Wildman–Crippen MR) is 45.1 cm³/mol. The summed E-state index contributed by atoms with van der Waals surface area (Å²) < 4.78 is 0. The second-order valence-corrected chi connectivity index (χ2v) is 4.47. The van der Waals surface area contributed by atoms with Crippen LogP contribution in [0.4, 0.5) is 0 Å². The molecule has 0 amide bonds. The molecule has 0 bridgehead atoms. The summed E-state index contributed by atoms with van der Waals surface area (Å²) in [5.74, 6) is 0.895. The van der Waals surface area contributed by atoms with Gasteiger partial charge in [0.25, 0.3) is 0 Å². The fourth-order valence-electron chi connectivity index (χ4n) is 2.34. The Morgan fingerprint density at radius 2 is 1.90 bits per heavy atom. The lowest BCUT2D eigenvalue weighted by Crippen LogP contribution is -2.50. The maximum Gasteiger partial charge on any atom is 0.0130 e. The molecule has 1 heterocycles. The first-order valence-corrected chi connectivity index (χ1v) is 4.27. The first kappa shape index (κ1) is 8.06. The van der Waals surface area contributed by atoms with Crippen molar-refractivity contribution < 1.29 is 0 Å². The molecule has 10 heavy (non-hydrogen) atoms. The highest BCUT2D eigenvalue weighted by molar-refractivity contribution is 4.88. The van der Waals surface area contributed by atoms with Gasteiger partial charge in [-0.3, -0.25) is 0 Å². The van der Waals surface area contributed by atoms with E-state index >= 15 is 0 Å². The Labute approximate surface area is 64.2 Å². The van der Waals surface area contributed by atoms with E-state index in [1.807, 2.05) is 0 Å². The van der Waals surface area contributed by atoms with Crippen LogP contribution < -0.4 is 5.32 Å². The van der Waals surface area contributed by atoms with Crippen molar-refractivity contribution in [3.63, 3.8) is 0 Å². The minimum absolute atomic E-state index is 0.372. The van der Waals surface area contributed by atoms with Crippen LogP contribution in [-0.4, -0.2) is 11.6 Å². The summed E-state index contributed by atoms with van der Waals surface area (Å²) in [5.41, 5.74) is 0.372. The molecule has 1 saturated heterocycles. The van der Waals surface area contributed by atoms with Gasteiger partial charge in [-0.05, 0) is 39.5 Å². The van der Waals surface area contributed by atoms with Crippen LogP contribution in [-0.2, 0) is 0 Å². The maximum atomic E-state index is 3.59. The van der Waals surface area contributed by atoms with E-state index in [-0.39, 0.29) is 0 Å². The third kappa shape index (κ3) is 1.98. The normalized spacial score (nSPS) is 39.6. The van der Waals surface area contributed by atoms with E-state index < -0.39 is 0 Å². The lowest BCUT2D eigenvalue weighted by atomic mass is 9.83. The lowest BCUT2D eigenvalue weighted by molar-refractivity contribution is 0.200. The molecule has 1 nitrogen and oxygen atoms in total. The number of piperidine rings is 1. The second kappa shape index (κ2) is 2.54. The summed E-state index contributed by atoms with van der Waals surface area (Å²) in [7, 11) is 0. The van der Waals surface area contributed by atoms with E-state index in [1.165, 1.54) is 12.8 Å². The quantitative estimate of drug-likeness (QED) is 0.545. The molecule has 60 valence electrons. The Morgan fingerprint density at radius 1 is 1.30 bits per heavy atom. The molecule has 0 aliphatic carbocycles. The molecule has 1 fully saturated rings. The van der Waals surface area contributed by atoms with Gasteiger partial charge in [-0.1, -0.05) is 6.92 Å². The Morgan fingerprint density at radius 3 is 2.30 bits per heavy atom. The molecule has 1 rings (SSSR count). The standard InChI is InChI=1S/C9H19N/c1-7-5-8(2)10-9(3,4)6-7/h7-8,10H,5-6H2,1-4H3/t7-,8+/m0/s1. The number of hydrogen-bond acceptors (Lipinski definition) is 1. The predicted octanol–water partition coefficient (Wildman–Crippen LogP) is 2.17. The van der Waals surface area contributed by atoms with Gasteiger partial charge in [0.15, 0.2) is 0 Å². The molecule has 0 aromatic rings. The van der Waals surface area contributed by atoms with Crippen molar-refractivity contribution in [2.75, 3.05) is 0 Å². The van der Waals surface area contributed by atoms with Crippen LogP contribution >= 0.6 is 0 Å². The summed E-state index contributed by atoms with van der Waals surface area (Å²) in [4.78, 5) is 0. The van der Waals surface area contributed by atoms with Gasteiger partial charge >= 0.3 is 0 Å². The smallest absolute Gasteiger partial charge is 0.0130 e. The van der Waals surface area contributed by atoms with Crippen molar-refractivity contribution >= 4 is 0 Å². The molecule has 1 N–H and O–H groups in total. The van der Waals surface area contributed by atoms with E-state index in [0.717, 1.165) is 5.92 Å². The summed E-state index contributed by atoms with van der Waals surface area (Å²) in [6, 6.07) is 0.707. The highest BCUT2D eigenvalue weighted by Gasteiger charge is 2.28. The second-order valence-electron chi connectivity index (χ2n) is 4.47. The van der Waals surface area contributed by atoms with Crippen molar-refractivity contribution in [1.82, 2.24) is 5.32 Å². The molecular formula is C9H19N. The molecular weight excluding hydrogens is 122 g/mol. The van der Waals surface area contributed by atoms with Gasteiger partial charge in [0.2, 0.25) is 0 Å². The molecule has 1 heteroatoms. The van der Waals surface area contributed by atoms with E-state index in [0.29, 0.717) is 11.6 Å². The van der Waals surface area contributed by atoms with Crippen molar-refractivity contribution in [3.8, 4) is 0 Å². The zero-order valence-corrected chi connectivity index (χ0v) is 7.57. The molecule has 0 spiro atoms. The summed E-state index contributed by atoms with van der Waals surface area (Å²) in [6.45, 7) is 9.20. The van der Waals surface area contributed by atoms with Crippen LogP contribution in [0.2, 0.25) is 0 Å². The first-order valence-electron chi connectivity index (χ1n) is 4.27. The van der Waals surface area contributed by atoms with Crippen molar-refractivity contribution in [2.45, 2.75) is 52.1 Å². The van der Waals surface area contributed by atoms with E-state index in [4.69, 9.17) is 0 Å². The largest absolute Gasteiger partial charge is 0.309 e. The molecule has 0 aromatic heterocycles. The summed E-state index contributed by atoms with van der Waals surface area (Å²) in [6.07, 6.45) is 2.65. The average molecular weight is 141 g/mol. The molecule has 1 aliphatic rings. The number of hydrogen-bond donors (Lipinski definition) is 1. The monoisotopic (exact) mass is 141 g/mol. The molecule has 0 aromatic carbocycles. The summed E-state index contributed by atoms with van der Waals surface area (Å²) in [5, 5.41) is 3.59. The van der Waals surface area contributed by atoms with Crippen LogP contribution in [0, 0.1) is 5.92 Å². The summed E-state index contributed by atoms with van der Waals surface area (Å²) >= 11 is 0. The zero-order valence-electron chi connectivity index (χ0n) is 7.57. The SMILES string of the molecule is C[C@H]1C[C@@H](C)NC(C)(C)C1. The maximum absolute atomic E-state index is 3.59. The van der Waals surface area contributed by atoms with Crippen LogP contribution in [0.3, 0.4) is 0 Å². The fourth-order valence-corrected chi connectivity index (χ4v) is 2.34. The third-order valence-corrected chi connectivity index (χ3v) is 2.25. The van der Waals surface area contributed by atoms with Crippen molar-refractivity contribution in [2.24, 2.45) is 5.92 Å². The van der Waals surface area contributed by atoms with Gasteiger partial charge in [0, 0.05) is 11.6 Å². The third-order valence-electron chi connectivity index (χ3n) is 2.25. The molecule has 1 aliphatic heterocycles. The van der Waals surface area contributed by atoms with E-state index in [9.17, 15) is 0 Å². The lowest BCUT2D eigenvalue weighted by Gasteiger charge is -2.39. The van der Waals surface area contributed by atoms with E-state index in [1.54, 1.807) is 0 Å². The minimum Gasteiger partial charge on any atom is -0.309 e. The van der Waals surface area contributed by atoms with Crippen LogP contribution in [0.25, 0.3) is 0 Å². The van der Waals surface area contributed by atoms with Crippen LogP contribution in [0.1, 0.15) is 40.5 Å². The highest BCUT2D eigenvalue weighted by Crippen LogP contribution is 2.26. The molecule has 0 saturated carbocycles. The topological polar surface area (TPSA) is 12.0 Å². The van der Waals surface area contributed by atoms with Gasteiger partial charge < -0.3 is 5.32 Å². The van der Waals surface area contributed by atoms with Gasteiger partial charge in [-0.2, -0.15) is 0 Å². The van der Waals surface area contributed by atoms with Crippen molar-refractivity contribution in [1.29, 1.82) is 0 Å². The molecule has 2 atom stereocenters. The van der Waals surface area contributed by atoms with Crippen molar-refractivity contribution in [3.05, 3.63) is 0 Å². The van der Waals surface area contributed by atoms with Crippen LogP contribution in [0.5, 0.6) is 0 Å².